The lowest BCUT2D eigenvalue weighted by Gasteiger charge is -2.09. The molecule has 0 atom stereocenters. The van der Waals surface area contributed by atoms with Crippen molar-refractivity contribution in [3.63, 3.8) is 0 Å². The van der Waals surface area contributed by atoms with Gasteiger partial charge in [0.1, 0.15) is 0 Å². The van der Waals surface area contributed by atoms with Crippen molar-refractivity contribution < 1.29 is 9.53 Å². The number of aromatic nitrogens is 2. The third-order valence-corrected chi connectivity index (χ3v) is 3.64. The van der Waals surface area contributed by atoms with Gasteiger partial charge in [-0.25, -0.2) is 4.68 Å². The standard InChI is InChI=1S/C16H18N2O2/c1-12-15(11-19)16(20-10-9-13-7-8-13)18(17-12)14-5-3-2-4-6-14/h2-6,11,13H,7-10H2,1H3. The molecule has 1 saturated carbocycles. The van der Waals surface area contributed by atoms with E-state index in [1.165, 1.54) is 12.8 Å². The van der Waals surface area contributed by atoms with E-state index in [-0.39, 0.29) is 0 Å². The molecule has 1 aromatic heterocycles. The predicted octanol–water partition coefficient (Wildman–Crippen LogP) is 3.17. The Labute approximate surface area is 118 Å². The highest BCUT2D eigenvalue weighted by Crippen LogP contribution is 2.33. The average molecular weight is 270 g/mol. The fourth-order valence-corrected chi connectivity index (χ4v) is 2.27. The zero-order valence-electron chi connectivity index (χ0n) is 11.6. The van der Waals surface area contributed by atoms with Crippen molar-refractivity contribution in [2.24, 2.45) is 5.92 Å². The number of ether oxygens (including phenoxy) is 1. The van der Waals surface area contributed by atoms with Gasteiger partial charge in [0, 0.05) is 0 Å². The number of carbonyl (C=O) groups excluding carboxylic acids is 1. The second-order valence-corrected chi connectivity index (χ2v) is 5.25. The van der Waals surface area contributed by atoms with E-state index in [2.05, 4.69) is 5.10 Å². The highest BCUT2D eigenvalue weighted by Gasteiger charge is 2.22. The Balaban J connectivity index is 1.89. The number of carbonyl (C=O) groups is 1. The van der Waals surface area contributed by atoms with E-state index in [9.17, 15) is 4.79 Å². The fraction of sp³-hybridized carbons (Fsp3) is 0.375. The van der Waals surface area contributed by atoms with E-state index in [0.29, 0.717) is 23.7 Å². The minimum Gasteiger partial charge on any atom is -0.477 e. The molecule has 1 heterocycles. The first-order valence-electron chi connectivity index (χ1n) is 7.02. The van der Waals surface area contributed by atoms with Crippen LogP contribution in [0.25, 0.3) is 5.69 Å². The molecule has 4 nitrogen and oxygen atoms in total. The SMILES string of the molecule is Cc1nn(-c2ccccc2)c(OCCC2CC2)c1C=O. The quantitative estimate of drug-likeness (QED) is 0.757. The number of hydrogen-bond acceptors (Lipinski definition) is 3. The van der Waals surface area contributed by atoms with Crippen molar-refractivity contribution in [1.82, 2.24) is 9.78 Å². The number of aryl methyl sites for hydroxylation is 1. The van der Waals surface area contributed by atoms with Gasteiger partial charge in [0.15, 0.2) is 6.29 Å². The highest BCUT2D eigenvalue weighted by atomic mass is 16.5. The van der Waals surface area contributed by atoms with Crippen molar-refractivity contribution in [2.75, 3.05) is 6.61 Å². The van der Waals surface area contributed by atoms with Gasteiger partial charge >= 0.3 is 0 Å². The number of benzene rings is 1. The molecule has 1 aliphatic carbocycles. The zero-order valence-corrected chi connectivity index (χ0v) is 11.6. The van der Waals surface area contributed by atoms with E-state index in [1.807, 2.05) is 37.3 Å². The van der Waals surface area contributed by atoms with Crippen LogP contribution in [0.2, 0.25) is 0 Å². The Kier molecular flexibility index (Phi) is 3.54. The summed E-state index contributed by atoms with van der Waals surface area (Å²) < 4.78 is 7.57. The Bertz CT molecular complexity index is 600. The molecule has 0 radical (unpaired) electrons. The van der Waals surface area contributed by atoms with Crippen molar-refractivity contribution >= 4 is 6.29 Å². The summed E-state index contributed by atoms with van der Waals surface area (Å²) in [5.41, 5.74) is 2.15. The Morgan fingerprint density at radius 3 is 2.75 bits per heavy atom. The monoisotopic (exact) mass is 270 g/mol. The first kappa shape index (κ1) is 12.9. The summed E-state index contributed by atoms with van der Waals surface area (Å²) in [4.78, 5) is 11.3. The topological polar surface area (TPSA) is 44.1 Å². The van der Waals surface area contributed by atoms with Crippen molar-refractivity contribution in [3.05, 3.63) is 41.6 Å². The molecular weight excluding hydrogens is 252 g/mol. The molecule has 4 heteroatoms. The van der Waals surface area contributed by atoms with Gasteiger partial charge in [-0.3, -0.25) is 4.79 Å². The van der Waals surface area contributed by atoms with Crippen LogP contribution in [0, 0.1) is 12.8 Å². The molecule has 0 bridgehead atoms. The number of nitrogens with zero attached hydrogens (tertiary/aromatic N) is 2. The van der Waals surface area contributed by atoms with E-state index in [1.54, 1.807) is 4.68 Å². The van der Waals surface area contributed by atoms with Crippen LogP contribution in [0.3, 0.4) is 0 Å². The van der Waals surface area contributed by atoms with Crippen molar-refractivity contribution in [2.45, 2.75) is 26.2 Å². The minimum absolute atomic E-state index is 0.546. The van der Waals surface area contributed by atoms with E-state index >= 15 is 0 Å². The third-order valence-electron chi connectivity index (χ3n) is 3.64. The Morgan fingerprint density at radius 2 is 2.10 bits per heavy atom. The molecule has 104 valence electrons. The highest BCUT2D eigenvalue weighted by molar-refractivity contribution is 5.80. The summed E-state index contributed by atoms with van der Waals surface area (Å²) in [6.07, 6.45) is 4.49. The molecule has 0 N–H and O–H groups in total. The van der Waals surface area contributed by atoms with Crippen LogP contribution in [-0.4, -0.2) is 22.7 Å². The minimum atomic E-state index is 0.546. The number of hydrogen-bond donors (Lipinski definition) is 0. The lowest BCUT2D eigenvalue weighted by atomic mass is 10.2. The lowest BCUT2D eigenvalue weighted by Crippen LogP contribution is -2.06. The Hall–Kier alpha value is -2.10. The smallest absolute Gasteiger partial charge is 0.227 e. The first-order chi connectivity index (χ1) is 9.79. The Morgan fingerprint density at radius 1 is 1.35 bits per heavy atom. The molecule has 3 rings (SSSR count). The van der Waals surface area contributed by atoms with Gasteiger partial charge in [0.25, 0.3) is 0 Å². The average Bonchev–Trinajstić information content (AvgIpc) is 3.24. The van der Waals surface area contributed by atoms with Crippen LogP contribution < -0.4 is 4.74 Å². The molecule has 0 unspecified atom stereocenters. The van der Waals surface area contributed by atoms with Crippen LogP contribution in [-0.2, 0) is 0 Å². The molecule has 1 aromatic carbocycles. The van der Waals surface area contributed by atoms with Crippen LogP contribution in [0.5, 0.6) is 5.88 Å². The van der Waals surface area contributed by atoms with Gasteiger partial charge in [0.2, 0.25) is 5.88 Å². The summed E-state index contributed by atoms with van der Waals surface area (Å²) in [7, 11) is 0. The normalized spacial score (nSPS) is 14.2. The van der Waals surface area contributed by atoms with Gasteiger partial charge in [-0.2, -0.15) is 5.10 Å². The van der Waals surface area contributed by atoms with E-state index < -0.39 is 0 Å². The van der Waals surface area contributed by atoms with Gasteiger partial charge in [0.05, 0.1) is 23.6 Å². The second-order valence-electron chi connectivity index (χ2n) is 5.25. The van der Waals surface area contributed by atoms with Gasteiger partial charge in [-0.1, -0.05) is 31.0 Å². The molecule has 2 aromatic rings. The second kappa shape index (κ2) is 5.49. The molecule has 1 aliphatic rings. The maximum Gasteiger partial charge on any atom is 0.227 e. The predicted molar refractivity (Wildman–Crippen MR) is 76.5 cm³/mol. The van der Waals surface area contributed by atoms with Crippen molar-refractivity contribution in [1.29, 1.82) is 0 Å². The molecule has 0 spiro atoms. The van der Waals surface area contributed by atoms with Crippen LogP contribution in [0.1, 0.15) is 35.3 Å². The van der Waals surface area contributed by atoms with Gasteiger partial charge < -0.3 is 4.74 Å². The van der Waals surface area contributed by atoms with Crippen LogP contribution in [0.4, 0.5) is 0 Å². The summed E-state index contributed by atoms with van der Waals surface area (Å²) >= 11 is 0. The van der Waals surface area contributed by atoms with Gasteiger partial charge in [-0.15, -0.1) is 0 Å². The summed E-state index contributed by atoms with van der Waals surface area (Å²) in [5, 5.41) is 4.43. The largest absolute Gasteiger partial charge is 0.477 e. The first-order valence-corrected chi connectivity index (χ1v) is 7.02. The van der Waals surface area contributed by atoms with Crippen molar-refractivity contribution in [3.8, 4) is 11.6 Å². The lowest BCUT2D eigenvalue weighted by molar-refractivity contribution is 0.111. The van der Waals surface area contributed by atoms with E-state index in [4.69, 9.17) is 4.74 Å². The van der Waals surface area contributed by atoms with Crippen LogP contribution >= 0.6 is 0 Å². The number of rotatable bonds is 6. The summed E-state index contributed by atoms with van der Waals surface area (Å²) in [6.45, 7) is 2.47. The van der Waals surface area contributed by atoms with Crippen LogP contribution in [0.15, 0.2) is 30.3 Å². The van der Waals surface area contributed by atoms with E-state index in [0.717, 1.165) is 24.3 Å². The third kappa shape index (κ3) is 2.59. The summed E-state index contributed by atoms with van der Waals surface area (Å²) in [6, 6.07) is 9.75. The van der Waals surface area contributed by atoms with Gasteiger partial charge in [-0.05, 0) is 31.4 Å². The zero-order chi connectivity index (χ0) is 13.9. The number of para-hydroxylation sites is 1. The molecule has 0 aliphatic heterocycles. The maximum absolute atomic E-state index is 11.3. The number of aldehydes is 1. The molecule has 20 heavy (non-hydrogen) atoms. The maximum atomic E-state index is 11.3. The molecule has 0 saturated heterocycles. The fourth-order valence-electron chi connectivity index (χ4n) is 2.27. The molecule has 0 amide bonds. The molecule has 1 fully saturated rings. The molecular formula is C16H18N2O2. The summed E-state index contributed by atoms with van der Waals surface area (Å²) in [5.74, 6) is 1.37.